The normalized spacial score (nSPS) is 13.7. The van der Waals surface area contributed by atoms with E-state index in [2.05, 4.69) is 10.1 Å². The van der Waals surface area contributed by atoms with Crippen LogP contribution in [0.3, 0.4) is 0 Å². The number of anilines is 1. The highest BCUT2D eigenvalue weighted by Gasteiger charge is 2.24. The number of benzene rings is 2. The van der Waals surface area contributed by atoms with Crippen molar-refractivity contribution >= 4 is 17.3 Å². The summed E-state index contributed by atoms with van der Waals surface area (Å²) >= 11 is 0. The lowest BCUT2D eigenvalue weighted by Gasteiger charge is -2.31. The first-order chi connectivity index (χ1) is 16.0. The molecular weight excluding hydrogens is 420 g/mol. The van der Waals surface area contributed by atoms with E-state index in [4.69, 9.17) is 4.52 Å². The fraction of sp³-hybridized carbons (Fsp3) is 0.360. The third-order valence-electron chi connectivity index (χ3n) is 6.01. The summed E-state index contributed by atoms with van der Waals surface area (Å²) in [7, 11) is 1.73. The summed E-state index contributed by atoms with van der Waals surface area (Å²) in [6, 6.07) is 16.3. The molecule has 3 aromatic rings. The van der Waals surface area contributed by atoms with Crippen molar-refractivity contribution in [2.24, 2.45) is 0 Å². The van der Waals surface area contributed by atoms with Crippen LogP contribution in [-0.2, 0) is 6.42 Å². The number of aryl methyl sites for hydroxylation is 1. The van der Waals surface area contributed by atoms with E-state index in [0.29, 0.717) is 24.9 Å². The Bertz CT molecular complexity index is 1110. The molecule has 1 aromatic heterocycles. The first-order valence-electron chi connectivity index (χ1n) is 11.3. The van der Waals surface area contributed by atoms with Crippen molar-refractivity contribution in [2.75, 3.05) is 31.6 Å². The van der Waals surface area contributed by atoms with Gasteiger partial charge in [0.05, 0.1) is 16.2 Å². The molecule has 4 rings (SSSR count). The number of nitro groups is 1. The molecule has 0 spiro atoms. The number of carbonyl (C=O) groups excluding carboxylic acids is 1. The Morgan fingerprint density at radius 1 is 1.12 bits per heavy atom. The van der Waals surface area contributed by atoms with Crippen LogP contribution in [-0.4, -0.2) is 47.6 Å². The molecule has 0 bridgehead atoms. The third kappa shape index (κ3) is 5.39. The number of hydrogen-bond acceptors (Lipinski definition) is 6. The van der Waals surface area contributed by atoms with Gasteiger partial charge in [0, 0.05) is 56.9 Å². The molecule has 0 saturated carbocycles. The number of hydrogen-bond donors (Lipinski definition) is 0. The van der Waals surface area contributed by atoms with E-state index in [1.54, 1.807) is 18.0 Å². The standard InChI is InChI=1S/C25H28N4O4/c1-27(14-8-11-21-18-23(26-33-21)19-9-4-2-5-10-19)25(30)22-17-20(29(31)32)12-13-24(22)28-15-6-3-7-16-28/h2,4-5,9-10,12-13,17-18H,3,6-8,11,14-16H2,1H3. The maximum absolute atomic E-state index is 13.3. The molecule has 8 nitrogen and oxygen atoms in total. The lowest BCUT2D eigenvalue weighted by atomic mass is 10.1. The van der Waals surface area contributed by atoms with E-state index in [0.717, 1.165) is 48.6 Å². The van der Waals surface area contributed by atoms with E-state index in [9.17, 15) is 14.9 Å². The van der Waals surface area contributed by atoms with Gasteiger partial charge in [-0.05, 0) is 31.7 Å². The fourth-order valence-corrected chi connectivity index (χ4v) is 4.19. The number of piperidine rings is 1. The average molecular weight is 449 g/mol. The Kier molecular flexibility index (Phi) is 7.02. The Morgan fingerprint density at radius 3 is 2.61 bits per heavy atom. The summed E-state index contributed by atoms with van der Waals surface area (Å²) in [6.45, 7) is 2.22. The van der Waals surface area contributed by atoms with E-state index < -0.39 is 4.92 Å². The van der Waals surface area contributed by atoms with Crippen LogP contribution in [0.25, 0.3) is 11.3 Å². The first kappa shape index (κ1) is 22.5. The van der Waals surface area contributed by atoms with Crippen molar-refractivity contribution in [1.29, 1.82) is 0 Å². The van der Waals surface area contributed by atoms with Crippen LogP contribution in [0, 0.1) is 10.1 Å². The van der Waals surface area contributed by atoms with Crippen LogP contribution in [0.1, 0.15) is 41.8 Å². The van der Waals surface area contributed by atoms with Gasteiger partial charge in [-0.2, -0.15) is 0 Å². The van der Waals surface area contributed by atoms with Crippen molar-refractivity contribution < 1.29 is 14.2 Å². The van der Waals surface area contributed by atoms with Crippen LogP contribution < -0.4 is 4.90 Å². The van der Waals surface area contributed by atoms with E-state index in [1.807, 2.05) is 36.4 Å². The van der Waals surface area contributed by atoms with Crippen LogP contribution in [0.4, 0.5) is 11.4 Å². The molecule has 2 heterocycles. The minimum atomic E-state index is -0.453. The number of non-ortho nitro benzene ring substituents is 1. The Balaban J connectivity index is 1.42. The van der Waals surface area contributed by atoms with Crippen LogP contribution >= 0.6 is 0 Å². The van der Waals surface area contributed by atoms with Crippen LogP contribution in [0.5, 0.6) is 0 Å². The zero-order chi connectivity index (χ0) is 23.2. The maximum Gasteiger partial charge on any atom is 0.270 e. The topological polar surface area (TPSA) is 92.7 Å². The molecule has 0 N–H and O–H groups in total. The van der Waals surface area contributed by atoms with Crippen molar-refractivity contribution in [2.45, 2.75) is 32.1 Å². The Morgan fingerprint density at radius 2 is 1.88 bits per heavy atom. The molecule has 1 fully saturated rings. The third-order valence-corrected chi connectivity index (χ3v) is 6.01. The van der Waals surface area contributed by atoms with Gasteiger partial charge in [0.1, 0.15) is 11.5 Å². The highest BCUT2D eigenvalue weighted by atomic mass is 16.6. The van der Waals surface area contributed by atoms with E-state index in [-0.39, 0.29) is 11.6 Å². The molecule has 0 unspecified atom stereocenters. The summed E-state index contributed by atoms with van der Waals surface area (Å²) in [5.41, 5.74) is 2.88. The molecule has 2 aromatic carbocycles. The molecule has 0 radical (unpaired) electrons. The monoisotopic (exact) mass is 448 g/mol. The van der Waals surface area contributed by atoms with Gasteiger partial charge in [0.15, 0.2) is 0 Å². The molecule has 8 heteroatoms. The Labute approximate surface area is 192 Å². The van der Waals surface area contributed by atoms with Gasteiger partial charge in [-0.3, -0.25) is 14.9 Å². The summed E-state index contributed by atoms with van der Waals surface area (Å²) in [6.07, 6.45) is 4.62. The van der Waals surface area contributed by atoms with Gasteiger partial charge in [-0.25, -0.2) is 0 Å². The lowest BCUT2D eigenvalue weighted by Crippen LogP contribution is -2.34. The minimum absolute atomic E-state index is 0.0670. The van der Waals surface area contributed by atoms with Crippen molar-refractivity contribution in [3.05, 3.63) is 76.0 Å². The van der Waals surface area contributed by atoms with Crippen molar-refractivity contribution in [1.82, 2.24) is 10.1 Å². The molecular formula is C25H28N4O4. The second kappa shape index (κ2) is 10.3. The predicted molar refractivity (Wildman–Crippen MR) is 126 cm³/mol. The zero-order valence-electron chi connectivity index (χ0n) is 18.8. The highest BCUT2D eigenvalue weighted by Crippen LogP contribution is 2.29. The lowest BCUT2D eigenvalue weighted by molar-refractivity contribution is -0.384. The van der Waals surface area contributed by atoms with E-state index in [1.165, 1.54) is 18.6 Å². The largest absolute Gasteiger partial charge is 0.371 e. The summed E-state index contributed by atoms with van der Waals surface area (Å²) in [4.78, 5) is 27.9. The molecule has 0 atom stereocenters. The first-order valence-corrected chi connectivity index (χ1v) is 11.3. The summed E-state index contributed by atoms with van der Waals surface area (Å²) < 4.78 is 5.45. The number of carbonyl (C=O) groups is 1. The van der Waals surface area contributed by atoms with Gasteiger partial charge < -0.3 is 14.3 Å². The maximum atomic E-state index is 13.3. The van der Waals surface area contributed by atoms with E-state index >= 15 is 0 Å². The number of aromatic nitrogens is 1. The second-order valence-electron chi connectivity index (χ2n) is 8.38. The number of rotatable bonds is 8. The molecule has 33 heavy (non-hydrogen) atoms. The van der Waals surface area contributed by atoms with Crippen molar-refractivity contribution in [3.8, 4) is 11.3 Å². The van der Waals surface area contributed by atoms with Crippen LogP contribution in [0.2, 0.25) is 0 Å². The highest BCUT2D eigenvalue weighted by molar-refractivity contribution is 6.00. The number of nitrogens with zero attached hydrogens (tertiary/aromatic N) is 4. The van der Waals surface area contributed by atoms with Crippen LogP contribution in [0.15, 0.2) is 59.1 Å². The minimum Gasteiger partial charge on any atom is -0.371 e. The fourth-order valence-electron chi connectivity index (χ4n) is 4.19. The second-order valence-corrected chi connectivity index (χ2v) is 8.38. The molecule has 1 aliphatic heterocycles. The summed E-state index contributed by atoms with van der Waals surface area (Å²) in [5, 5.41) is 15.4. The van der Waals surface area contributed by atoms with Gasteiger partial charge in [-0.15, -0.1) is 0 Å². The average Bonchev–Trinajstić information content (AvgIpc) is 3.33. The predicted octanol–water partition coefficient (Wildman–Crippen LogP) is 4.94. The molecule has 1 aliphatic rings. The molecule has 1 amide bonds. The van der Waals surface area contributed by atoms with Gasteiger partial charge in [0.2, 0.25) is 0 Å². The Hall–Kier alpha value is -3.68. The van der Waals surface area contributed by atoms with Gasteiger partial charge >= 0.3 is 0 Å². The van der Waals surface area contributed by atoms with Crippen molar-refractivity contribution in [3.63, 3.8) is 0 Å². The summed E-state index contributed by atoms with van der Waals surface area (Å²) in [5.74, 6) is 0.556. The molecule has 172 valence electrons. The number of nitro benzene ring substituents is 1. The smallest absolute Gasteiger partial charge is 0.270 e. The quantitative estimate of drug-likeness (QED) is 0.358. The SMILES string of the molecule is CN(CCCc1cc(-c2ccccc2)no1)C(=O)c1cc([N+](=O)[O-])ccc1N1CCCCC1. The van der Waals surface area contributed by atoms with Gasteiger partial charge in [0.25, 0.3) is 11.6 Å². The number of amides is 1. The van der Waals surface area contributed by atoms with Gasteiger partial charge in [-0.1, -0.05) is 35.5 Å². The molecule has 1 saturated heterocycles. The zero-order valence-corrected chi connectivity index (χ0v) is 18.8. The molecule has 0 aliphatic carbocycles.